The number of carboxylic acid groups (broad SMARTS) is 1. The van der Waals surface area contributed by atoms with Crippen LogP contribution in [0.3, 0.4) is 0 Å². The van der Waals surface area contributed by atoms with Crippen molar-refractivity contribution in [3.05, 3.63) is 234 Å². The van der Waals surface area contributed by atoms with Gasteiger partial charge in [0.1, 0.15) is 12.1 Å². The van der Waals surface area contributed by atoms with E-state index in [2.05, 4.69) is 50.8 Å². The predicted molar refractivity (Wildman–Crippen MR) is 283 cm³/mol. The standard InChI is InChI=1S/C60H55N5O7/c1-39(2)72-57-54(35-34-53(56(57)67)62-45-28-26-40(27-29-45)58(68)69)63-46-32-30-44(31-33-46)61-37-47(64-59(70)71-38-52-50-24-14-12-22-48(50)49-23-13-15-25-51(49)52)36-55(66)65-60(41-16-6-3-7-17-41,42-18-8-4-9-19-42)43-20-10-5-11-21-43/h3-35,39,47,52,61-63,67H,36-38H2,1-2H3,(H,64,70)(H,65,66)(H,68,69)/t47-/m0/s1. The molecule has 12 nitrogen and oxygen atoms in total. The number of hydrogen-bond acceptors (Lipinski definition) is 9. The van der Waals surface area contributed by atoms with Gasteiger partial charge in [0.05, 0.1) is 29.1 Å². The molecule has 362 valence electrons. The third kappa shape index (κ3) is 10.7. The van der Waals surface area contributed by atoms with Crippen LogP contribution in [0.5, 0.6) is 11.5 Å². The molecular weight excluding hydrogens is 903 g/mol. The Hall–Kier alpha value is -9.03. The number of rotatable bonds is 19. The third-order valence-corrected chi connectivity index (χ3v) is 12.7. The Labute approximate surface area is 418 Å². The van der Waals surface area contributed by atoms with Gasteiger partial charge in [0.2, 0.25) is 5.91 Å². The van der Waals surface area contributed by atoms with Crippen LogP contribution in [-0.4, -0.2) is 53.5 Å². The van der Waals surface area contributed by atoms with Gasteiger partial charge in [-0.3, -0.25) is 4.79 Å². The Morgan fingerprint density at radius 1 is 0.583 bits per heavy atom. The van der Waals surface area contributed by atoms with Crippen molar-refractivity contribution in [3.8, 4) is 22.6 Å². The normalized spacial score (nSPS) is 12.2. The number of phenolic OH excluding ortho intramolecular Hbond substituents is 1. The molecule has 0 saturated carbocycles. The fourth-order valence-corrected chi connectivity index (χ4v) is 9.29. The van der Waals surface area contributed by atoms with Crippen LogP contribution >= 0.6 is 0 Å². The molecule has 1 atom stereocenters. The summed E-state index contributed by atoms with van der Waals surface area (Å²) >= 11 is 0. The van der Waals surface area contributed by atoms with E-state index in [4.69, 9.17) is 9.47 Å². The van der Waals surface area contributed by atoms with Gasteiger partial charge in [-0.2, -0.15) is 0 Å². The van der Waals surface area contributed by atoms with E-state index in [0.717, 1.165) is 44.6 Å². The van der Waals surface area contributed by atoms with E-state index in [1.807, 2.05) is 153 Å². The molecule has 8 aromatic rings. The molecule has 1 aliphatic rings. The van der Waals surface area contributed by atoms with Crippen molar-refractivity contribution in [1.29, 1.82) is 0 Å². The van der Waals surface area contributed by atoms with E-state index < -0.39 is 23.6 Å². The molecule has 72 heavy (non-hydrogen) atoms. The summed E-state index contributed by atoms with van der Waals surface area (Å²) in [7, 11) is 0. The number of carboxylic acids is 1. The van der Waals surface area contributed by atoms with Crippen LogP contribution in [0.1, 0.15) is 64.4 Å². The fraction of sp³-hybridized carbons (Fsp3) is 0.150. The first-order valence-electron chi connectivity index (χ1n) is 23.9. The van der Waals surface area contributed by atoms with E-state index in [0.29, 0.717) is 22.7 Å². The Kier molecular flexibility index (Phi) is 14.5. The summed E-state index contributed by atoms with van der Waals surface area (Å²) in [6, 6.07) is 62.4. The zero-order valence-corrected chi connectivity index (χ0v) is 39.8. The van der Waals surface area contributed by atoms with E-state index in [1.54, 1.807) is 24.3 Å². The molecule has 0 aliphatic heterocycles. The topological polar surface area (TPSA) is 170 Å². The number of aromatic carboxylic acids is 1. The molecule has 0 spiro atoms. The Bertz CT molecular complexity index is 3010. The molecular formula is C60H55N5O7. The summed E-state index contributed by atoms with van der Waals surface area (Å²) in [5, 5.41) is 37.1. The highest BCUT2D eigenvalue weighted by atomic mass is 16.5. The van der Waals surface area contributed by atoms with Gasteiger partial charge in [0, 0.05) is 35.9 Å². The first-order chi connectivity index (χ1) is 35.0. The molecule has 1 aliphatic carbocycles. The molecule has 0 heterocycles. The maximum Gasteiger partial charge on any atom is 0.407 e. The maximum atomic E-state index is 14.7. The molecule has 8 aromatic carbocycles. The lowest BCUT2D eigenvalue weighted by Crippen LogP contribution is -2.50. The molecule has 0 fully saturated rings. The number of nitrogens with one attached hydrogen (secondary N) is 5. The number of amides is 2. The minimum absolute atomic E-state index is 0.0916. The minimum atomic E-state index is -1.06. The fourth-order valence-electron chi connectivity index (χ4n) is 9.29. The number of carbonyl (C=O) groups excluding carboxylic acids is 2. The maximum absolute atomic E-state index is 14.7. The van der Waals surface area contributed by atoms with Gasteiger partial charge in [0.15, 0.2) is 11.5 Å². The minimum Gasteiger partial charge on any atom is -0.503 e. The molecule has 0 saturated heterocycles. The number of ether oxygens (including phenoxy) is 2. The molecule has 0 bridgehead atoms. The van der Waals surface area contributed by atoms with Crippen molar-refractivity contribution in [3.63, 3.8) is 0 Å². The van der Waals surface area contributed by atoms with Crippen molar-refractivity contribution in [1.82, 2.24) is 10.6 Å². The highest BCUT2D eigenvalue weighted by molar-refractivity contribution is 5.88. The molecule has 12 heteroatoms. The van der Waals surface area contributed by atoms with Crippen LogP contribution in [-0.2, 0) is 15.1 Å². The largest absolute Gasteiger partial charge is 0.503 e. The second kappa shape index (κ2) is 21.7. The summed E-state index contributed by atoms with van der Waals surface area (Å²) < 4.78 is 12.1. The van der Waals surface area contributed by atoms with Crippen LogP contribution in [0.15, 0.2) is 200 Å². The number of alkyl carbamates (subject to hydrolysis) is 1. The lowest BCUT2D eigenvalue weighted by atomic mass is 9.77. The second-order valence-electron chi connectivity index (χ2n) is 17.9. The number of carbonyl (C=O) groups is 3. The Morgan fingerprint density at radius 3 is 1.58 bits per heavy atom. The molecule has 0 unspecified atom stereocenters. The Morgan fingerprint density at radius 2 is 1.06 bits per heavy atom. The average molecular weight is 958 g/mol. The van der Waals surface area contributed by atoms with Crippen molar-refractivity contribution < 1.29 is 34.1 Å². The molecule has 2 amide bonds. The average Bonchev–Trinajstić information content (AvgIpc) is 3.73. The van der Waals surface area contributed by atoms with Gasteiger partial charge in [-0.25, -0.2) is 9.59 Å². The highest BCUT2D eigenvalue weighted by Gasteiger charge is 2.38. The molecule has 0 radical (unpaired) electrons. The lowest BCUT2D eigenvalue weighted by molar-refractivity contribution is -0.122. The number of anilines is 5. The van der Waals surface area contributed by atoms with Gasteiger partial charge < -0.3 is 46.3 Å². The SMILES string of the molecule is CC(C)Oc1c(Nc2ccc(NC[C@H](CC(=O)NC(c3ccccc3)(c3ccccc3)c3ccccc3)NC(=O)OCC3c4ccccc4-c4ccccc43)cc2)ccc(Nc2ccc(C(=O)O)cc2)c1O. The van der Waals surface area contributed by atoms with E-state index in [9.17, 15) is 24.6 Å². The highest BCUT2D eigenvalue weighted by Crippen LogP contribution is 2.46. The first kappa shape index (κ1) is 48.0. The quantitative estimate of drug-likeness (QED) is 0.0306. The van der Waals surface area contributed by atoms with Crippen molar-refractivity contribution >= 4 is 46.4 Å². The van der Waals surface area contributed by atoms with E-state index in [-0.39, 0.29) is 54.6 Å². The number of aromatic hydroxyl groups is 1. The van der Waals surface area contributed by atoms with Crippen LogP contribution in [0.25, 0.3) is 11.1 Å². The predicted octanol–water partition coefficient (Wildman–Crippen LogP) is 12.2. The monoisotopic (exact) mass is 957 g/mol. The zero-order chi connectivity index (χ0) is 50.0. The van der Waals surface area contributed by atoms with E-state index >= 15 is 0 Å². The van der Waals surface area contributed by atoms with Crippen molar-refractivity contribution in [2.75, 3.05) is 29.1 Å². The first-order valence-corrected chi connectivity index (χ1v) is 23.9. The number of benzene rings is 8. The van der Waals surface area contributed by atoms with Gasteiger partial charge in [0.25, 0.3) is 0 Å². The van der Waals surface area contributed by atoms with Crippen LogP contribution in [0.2, 0.25) is 0 Å². The van der Waals surface area contributed by atoms with Crippen LogP contribution in [0.4, 0.5) is 33.2 Å². The van der Waals surface area contributed by atoms with Crippen molar-refractivity contribution in [2.24, 2.45) is 0 Å². The number of phenols is 1. The summed E-state index contributed by atoms with van der Waals surface area (Å²) in [5.74, 6) is -1.36. The smallest absolute Gasteiger partial charge is 0.407 e. The van der Waals surface area contributed by atoms with Crippen LogP contribution < -0.4 is 31.3 Å². The van der Waals surface area contributed by atoms with Gasteiger partial charge in [-0.15, -0.1) is 0 Å². The summed E-state index contributed by atoms with van der Waals surface area (Å²) in [4.78, 5) is 40.0. The zero-order valence-electron chi connectivity index (χ0n) is 39.8. The lowest BCUT2D eigenvalue weighted by Gasteiger charge is -2.37. The van der Waals surface area contributed by atoms with Crippen LogP contribution in [0, 0.1) is 0 Å². The van der Waals surface area contributed by atoms with Gasteiger partial charge in [-0.1, -0.05) is 140 Å². The van der Waals surface area contributed by atoms with Gasteiger partial charge in [-0.05, 0) is 113 Å². The summed E-state index contributed by atoms with van der Waals surface area (Å²) in [6.07, 6.45) is -1.00. The molecule has 0 aromatic heterocycles. The number of fused-ring (bicyclic) bond motifs is 3. The summed E-state index contributed by atoms with van der Waals surface area (Å²) in [6.45, 7) is 4.01. The Balaban J connectivity index is 0.940. The van der Waals surface area contributed by atoms with Crippen molar-refractivity contribution in [2.45, 2.75) is 43.9 Å². The van der Waals surface area contributed by atoms with Gasteiger partial charge >= 0.3 is 12.1 Å². The number of hydrogen-bond donors (Lipinski definition) is 7. The summed E-state index contributed by atoms with van der Waals surface area (Å²) in [5.41, 5.74) is 9.05. The van der Waals surface area contributed by atoms with E-state index in [1.165, 1.54) is 12.1 Å². The third-order valence-electron chi connectivity index (χ3n) is 12.7. The molecule has 9 rings (SSSR count). The second-order valence-corrected chi connectivity index (χ2v) is 17.9. The molecule has 7 N–H and O–H groups in total.